The molecule has 0 saturated heterocycles. The largest absolute Gasteiger partial charge is 0.475 e. The minimum absolute atomic E-state index is 0.00109. The molecule has 0 atom stereocenters. The van der Waals surface area contributed by atoms with E-state index in [1.54, 1.807) is 6.07 Å². The molecule has 0 aromatic carbocycles. The van der Waals surface area contributed by atoms with Gasteiger partial charge in [0.2, 0.25) is 5.88 Å². The lowest BCUT2D eigenvalue weighted by molar-refractivity contribution is 0.0541. The summed E-state index contributed by atoms with van der Waals surface area (Å²) >= 11 is 0. The van der Waals surface area contributed by atoms with Gasteiger partial charge in [0.15, 0.2) is 0 Å². The van der Waals surface area contributed by atoms with Crippen LogP contribution in [-0.2, 0) is 11.3 Å². The van der Waals surface area contributed by atoms with E-state index in [1.165, 1.54) is 0 Å². The Bertz CT molecular complexity index is 364. The van der Waals surface area contributed by atoms with Crippen LogP contribution < -0.4 is 4.74 Å². The van der Waals surface area contributed by atoms with Crippen molar-refractivity contribution < 1.29 is 14.6 Å². The number of nitrogens with zero attached hydrogens (tertiary/aromatic N) is 1. The zero-order chi connectivity index (χ0) is 13.5. The lowest BCUT2D eigenvalue weighted by atomic mass is 10.1. The maximum absolute atomic E-state index is 9.20. The van der Waals surface area contributed by atoms with E-state index in [0.29, 0.717) is 25.0 Å². The minimum Gasteiger partial charge on any atom is -0.475 e. The molecule has 0 saturated carbocycles. The SMILES string of the molecule is CC(C)OCCOc1cc(CO)cc(C(C)C)n1. The van der Waals surface area contributed by atoms with Crippen molar-refractivity contribution in [2.45, 2.75) is 46.3 Å². The number of aromatic nitrogens is 1. The zero-order valence-electron chi connectivity index (χ0n) is 11.6. The number of hydrogen-bond acceptors (Lipinski definition) is 4. The number of hydrogen-bond donors (Lipinski definition) is 1. The molecule has 102 valence electrons. The Morgan fingerprint density at radius 2 is 1.89 bits per heavy atom. The highest BCUT2D eigenvalue weighted by molar-refractivity contribution is 5.26. The highest BCUT2D eigenvalue weighted by Gasteiger charge is 2.07. The Labute approximate surface area is 109 Å². The van der Waals surface area contributed by atoms with Crippen LogP contribution in [0.3, 0.4) is 0 Å². The van der Waals surface area contributed by atoms with E-state index in [9.17, 15) is 5.11 Å². The fraction of sp³-hybridized carbons (Fsp3) is 0.643. The quantitative estimate of drug-likeness (QED) is 0.759. The van der Waals surface area contributed by atoms with Crippen molar-refractivity contribution in [1.29, 1.82) is 0 Å². The number of ether oxygens (including phenoxy) is 2. The van der Waals surface area contributed by atoms with Crippen molar-refractivity contribution in [1.82, 2.24) is 4.98 Å². The standard InChI is InChI=1S/C14H23NO3/c1-10(2)13-7-12(9-16)8-14(15-13)18-6-5-17-11(3)4/h7-8,10-11,16H,5-6,9H2,1-4H3. The first-order chi connectivity index (χ1) is 8.52. The number of aliphatic hydroxyl groups is 1. The molecule has 1 aromatic heterocycles. The lowest BCUT2D eigenvalue weighted by Gasteiger charge is -2.12. The molecular formula is C14H23NO3. The Morgan fingerprint density at radius 3 is 2.44 bits per heavy atom. The van der Waals surface area contributed by atoms with Crippen molar-refractivity contribution in [2.24, 2.45) is 0 Å². The molecule has 0 unspecified atom stereocenters. The predicted octanol–water partition coefficient (Wildman–Crippen LogP) is 2.50. The molecule has 0 fully saturated rings. The monoisotopic (exact) mass is 253 g/mol. The maximum Gasteiger partial charge on any atom is 0.213 e. The third kappa shape index (κ3) is 5.02. The Kier molecular flexibility index (Phi) is 6.09. The van der Waals surface area contributed by atoms with E-state index in [4.69, 9.17) is 9.47 Å². The van der Waals surface area contributed by atoms with Crippen LogP contribution in [0.5, 0.6) is 5.88 Å². The van der Waals surface area contributed by atoms with Crippen LogP contribution in [0.1, 0.15) is 44.9 Å². The molecule has 1 N–H and O–H groups in total. The zero-order valence-corrected chi connectivity index (χ0v) is 11.6. The smallest absolute Gasteiger partial charge is 0.213 e. The van der Waals surface area contributed by atoms with Gasteiger partial charge >= 0.3 is 0 Å². The number of pyridine rings is 1. The van der Waals surface area contributed by atoms with Gasteiger partial charge < -0.3 is 14.6 Å². The summed E-state index contributed by atoms with van der Waals surface area (Å²) in [6, 6.07) is 3.67. The average Bonchev–Trinajstić information content (AvgIpc) is 2.34. The van der Waals surface area contributed by atoms with Crippen LogP contribution in [0, 0.1) is 0 Å². The second-order valence-corrected chi connectivity index (χ2v) is 4.82. The third-order valence-corrected chi connectivity index (χ3v) is 2.44. The van der Waals surface area contributed by atoms with Crippen LogP contribution in [0.2, 0.25) is 0 Å². The van der Waals surface area contributed by atoms with Crippen LogP contribution >= 0.6 is 0 Å². The normalized spacial score (nSPS) is 11.3. The molecule has 4 nitrogen and oxygen atoms in total. The second kappa shape index (κ2) is 7.34. The van der Waals surface area contributed by atoms with E-state index < -0.39 is 0 Å². The van der Waals surface area contributed by atoms with Gasteiger partial charge in [0.25, 0.3) is 0 Å². The molecule has 0 spiro atoms. The number of rotatable bonds is 7. The summed E-state index contributed by atoms with van der Waals surface area (Å²) in [4.78, 5) is 4.41. The summed E-state index contributed by atoms with van der Waals surface area (Å²) in [5, 5.41) is 9.20. The topological polar surface area (TPSA) is 51.6 Å². The molecule has 1 aromatic rings. The van der Waals surface area contributed by atoms with Gasteiger partial charge in [0.05, 0.1) is 19.3 Å². The maximum atomic E-state index is 9.20. The van der Waals surface area contributed by atoms with Gasteiger partial charge in [-0.2, -0.15) is 0 Å². The molecule has 0 radical (unpaired) electrons. The van der Waals surface area contributed by atoms with Crippen molar-refractivity contribution in [2.75, 3.05) is 13.2 Å². The van der Waals surface area contributed by atoms with E-state index in [-0.39, 0.29) is 12.7 Å². The summed E-state index contributed by atoms with van der Waals surface area (Å²) in [6.07, 6.45) is 0.205. The van der Waals surface area contributed by atoms with Gasteiger partial charge in [0.1, 0.15) is 6.61 Å². The summed E-state index contributed by atoms with van der Waals surface area (Å²) < 4.78 is 10.9. The van der Waals surface area contributed by atoms with Gasteiger partial charge in [-0.3, -0.25) is 0 Å². The summed E-state index contributed by atoms with van der Waals surface area (Å²) in [6.45, 7) is 9.12. The molecule has 0 bridgehead atoms. The summed E-state index contributed by atoms with van der Waals surface area (Å²) in [7, 11) is 0. The summed E-state index contributed by atoms with van der Waals surface area (Å²) in [5.41, 5.74) is 1.76. The van der Waals surface area contributed by atoms with Crippen LogP contribution in [0.25, 0.3) is 0 Å². The van der Waals surface area contributed by atoms with Crippen molar-refractivity contribution in [3.8, 4) is 5.88 Å². The Morgan fingerprint density at radius 1 is 1.17 bits per heavy atom. The minimum atomic E-state index is 0.00109. The fourth-order valence-electron chi connectivity index (χ4n) is 1.47. The number of aliphatic hydroxyl groups excluding tert-OH is 1. The van der Waals surface area contributed by atoms with Gasteiger partial charge in [0, 0.05) is 11.8 Å². The van der Waals surface area contributed by atoms with Gasteiger partial charge in [-0.15, -0.1) is 0 Å². The fourth-order valence-corrected chi connectivity index (χ4v) is 1.47. The van der Waals surface area contributed by atoms with Gasteiger partial charge in [-0.1, -0.05) is 13.8 Å². The van der Waals surface area contributed by atoms with E-state index >= 15 is 0 Å². The average molecular weight is 253 g/mol. The predicted molar refractivity (Wildman–Crippen MR) is 70.8 cm³/mol. The first-order valence-corrected chi connectivity index (χ1v) is 6.39. The van der Waals surface area contributed by atoms with Crippen LogP contribution in [0.15, 0.2) is 12.1 Å². The molecule has 18 heavy (non-hydrogen) atoms. The molecule has 0 amide bonds. The molecule has 1 rings (SSSR count). The van der Waals surface area contributed by atoms with E-state index in [0.717, 1.165) is 11.3 Å². The van der Waals surface area contributed by atoms with Crippen molar-refractivity contribution in [3.05, 3.63) is 23.4 Å². The molecular weight excluding hydrogens is 230 g/mol. The highest BCUT2D eigenvalue weighted by Crippen LogP contribution is 2.19. The highest BCUT2D eigenvalue weighted by atomic mass is 16.5. The Hall–Kier alpha value is -1.13. The molecule has 0 aliphatic heterocycles. The molecule has 1 heterocycles. The molecule has 0 aliphatic rings. The van der Waals surface area contributed by atoms with Crippen LogP contribution in [0.4, 0.5) is 0 Å². The Balaban J connectivity index is 2.61. The van der Waals surface area contributed by atoms with E-state index in [1.807, 2.05) is 19.9 Å². The first kappa shape index (κ1) is 14.9. The van der Waals surface area contributed by atoms with Gasteiger partial charge in [-0.05, 0) is 31.4 Å². The first-order valence-electron chi connectivity index (χ1n) is 6.39. The lowest BCUT2D eigenvalue weighted by Crippen LogP contribution is -2.12. The van der Waals surface area contributed by atoms with Crippen LogP contribution in [-0.4, -0.2) is 29.4 Å². The van der Waals surface area contributed by atoms with Gasteiger partial charge in [-0.25, -0.2) is 4.98 Å². The molecule has 0 aliphatic carbocycles. The van der Waals surface area contributed by atoms with Crippen molar-refractivity contribution >= 4 is 0 Å². The summed E-state index contributed by atoms with van der Waals surface area (Å²) in [5.74, 6) is 0.864. The van der Waals surface area contributed by atoms with E-state index in [2.05, 4.69) is 18.8 Å². The third-order valence-electron chi connectivity index (χ3n) is 2.44. The van der Waals surface area contributed by atoms with Crippen molar-refractivity contribution in [3.63, 3.8) is 0 Å². The molecule has 4 heteroatoms. The second-order valence-electron chi connectivity index (χ2n) is 4.82.